The lowest BCUT2D eigenvalue weighted by atomic mass is 10.1. The van der Waals surface area contributed by atoms with E-state index in [1.165, 1.54) is 5.56 Å². The van der Waals surface area contributed by atoms with Crippen LogP contribution in [0.25, 0.3) is 10.9 Å². The number of hydrogen-bond acceptors (Lipinski definition) is 4. The number of ether oxygens (including phenoxy) is 2. The SMILES string of the molecule is Cc1ccc(NC(=O)CCc2cc3cc4c(cc3[nH]c2=O)OCCO4)cc1C. The second-order valence-corrected chi connectivity index (χ2v) is 7.05. The van der Waals surface area contributed by atoms with E-state index in [1.807, 2.05) is 44.2 Å². The van der Waals surface area contributed by atoms with E-state index < -0.39 is 0 Å². The monoisotopic (exact) mass is 378 g/mol. The summed E-state index contributed by atoms with van der Waals surface area (Å²) in [5, 5.41) is 3.75. The number of amides is 1. The van der Waals surface area contributed by atoms with Gasteiger partial charge in [0, 0.05) is 29.1 Å². The smallest absolute Gasteiger partial charge is 0.251 e. The van der Waals surface area contributed by atoms with Crippen LogP contribution in [0, 0.1) is 13.8 Å². The van der Waals surface area contributed by atoms with E-state index in [0.717, 1.165) is 16.6 Å². The number of benzene rings is 2. The summed E-state index contributed by atoms with van der Waals surface area (Å²) in [6.07, 6.45) is 0.586. The molecule has 144 valence electrons. The van der Waals surface area contributed by atoms with Gasteiger partial charge in [-0.05, 0) is 55.7 Å². The molecule has 0 aliphatic carbocycles. The van der Waals surface area contributed by atoms with Crippen LogP contribution in [-0.4, -0.2) is 24.1 Å². The molecule has 28 heavy (non-hydrogen) atoms. The van der Waals surface area contributed by atoms with Crippen molar-refractivity contribution in [3.05, 3.63) is 63.4 Å². The molecule has 0 radical (unpaired) electrons. The summed E-state index contributed by atoms with van der Waals surface area (Å²) in [5.74, 6) is 1.18. The Morgan fingerprint density at radius 3 is 2.54 bits per heavy atom. The highest BCUT2D eigenvalue weighted by molar-refractivity contribution is 5.91. The summed E-state index contributed by atoms with van der Waals surface area (Å²) in [6, 6.07) is 11.3. The summed E-state index contributed by atoms with van der Waals surface area (Å²) in [5.41, 5.74) is 4.14. The molecule has 0 unspecified atom stereocenters. The topological polar surface area (TPSA) is 80.4 Å². The molecule has 1 aliphatic heterocycles. The van der Waals surface area contributed by atoms with Gasteiger partial charge in [-0.15, -0.1) is 0 Å². The first-order valence-electron chi connectivity index (χ1n) is 9.32. The number of rotatable bonds is 4. The molecule has 0 saturated carbocycles. The summed E-state index contributed by atoms with van der Waals surface area (Å²) in [7, 11) is 0. The van der Waals surface area contributed by atoms with Crippen LogP contribution >= 0.6 is 0 Å². The van der Waals surface area contributed by atoms with Gasteiger partial charge in [-0.25, -0.2) is 0 Å². The Bertz CT molecular complexity index is 1120. The summed E-state index contributed by atoms with van der Waals surface area (Å²) >= 11 is 0. The number of hydrogen-bond donors (Lipinski definition) is 2. The van der Waals surface area contributed by atoms with Gasteiger partial charge in [-0.3, -0.25) is 9.59 Å². The van der Waals surface area contributed by atoms with Crippen LogP contribution in [0.3, 0.4) is 0 Å². The Labute approximate surface area is 162 Å². The molecular formula is C22H22N2O4. The number of nitrogens with one attached hydrogen (secondary N) is 2. The Balaban J connectivity index is 1.49. The third kappa shape index (κ3) is 3.71. The molecule has 3 aromatic rings. The van der Waals surface area contributed by atoms with Crippen molar-refractivity contribution in [1.29, 1.82) is 0 Å². The number of aryl methyl sites for hydroxylation is 3. The molecule has 0 bridgehead atoms. The van der Waals surface area contributed by atoms with Crippen molar-refractivity contribution in [2.24, 2.45) is 0 Å². The van der Waals surface area contributed by atoms with Crippen LogP contribution < -0.4 is 20.3 Å². The van der Waals surface area contributed by atoms with Gasteiger partial charge in [0.25, 0.3) is 5.56 Å². The first-order chi connectivity index (χ1) is 13.5. The zero-order valence-corrected chi connectivity index (χ0v) is 15.9. The van der Waals surface area contributed by atoms with E-state index >= 15 is 0 Å². The number of pyridine rings is 1. The van der Waals surface area contributed by atoms with E-state index in [1.54, 1.807) is 6.07 Å². The summed E-state index contributed by atoms with van der Waals surface area (Å²) < 4.78 is 11.2. The zero-order valence-electron chi connectivity index (χ0n) is 15.9. The predicted octanol–water partition coefficient (Wildman–Crippen LogP) is 3.49. The van der Waals surface area contributed by atoms with Crippen molar-refractivity contribution in [1.82, 2.24) is 4.98 Å². The van der Waals surface area contributed by atoms with Crippen LogP contribution in [-0.2, 0) is 11.2 Å². The molecule has 2 heterocycles. The standard InChI is InChI=1S/C22H22N2O4/c1-13-3-5-17(9-14(13)2)23-21(25)6-4-15-10-16-11-19-20(28-8-7-27-19)12-18(16)24-22(15)26/h3,5,9-12H,4,6-8H2,1-2H3,(H,23,25)(H,24,26). The highest BCUT2D eigenvalue weighted by Gasteiger charge is 2.14. The Morgan fingerprint density at radius 2 is 1.79 bits per heavy atom. The average molecular weight is 378 g/mol. The maximum absolute atomic E-state index is 12.4. The molecule has 6 nitrogen and oxygen atoms in total. The number of fused-ring (bicyclic) bond motifs is 2. The third-order valence-corrected chi connectivity index (χ3v) is 5.00. The minimum atomic E-state index is -0.192. The van der Waals surface area contributed by atoms with Crippen molar-refractivity contribution < 1.29 is 14.3 Å². The van der Waals surface area contributed by atoms with Crippen LogP contribution in [0.15, 0.2) is 41.2 Å². The second kappa shape index (κ2) is 7.38. The Morgan fingerprint density at radius 1 is 1.04 bits per heavy atom. The van der Waals surface area contributed by atoms with Gasteiger partial charge in [0.2, 0.25) is 5.91 Å². The summed E-state index contributed by atoms with van der Waals surface area (Å²) in [6.45, 7) is 5.04. The van der Waals surface area contributed by atoms with E-state index in [0.29, 0.717) is 42.2 Å². The van der Waals surface area contributed by atoms with Gasteiger partial charge in [0.1, 0.15) is 13.2 Å². The molecule has 2 N–H and O–H groups in total. The van der Waals surface area contributed by atoms with Gasteiger partial charge >= 0.3 is 0 Å². The first kappa shape index (κ1) is 18.1. The molecule has 6 heteroatoms. The molecule has 0 saturated heterocycles. The van der Waals surface area contributed by atoms with E-state index in [4.69, 9.17) is 9.47 Å². The van der Waals surface area contributed by atoms with Crippen molar-refractivity contribution in [3.8, 4) is 11.5 Å². The number of aromatic amines is 1. The fourth-order valence-corrected chi connectivity index (χ4v) is 3.26. The van der Waals surface area contributed by atoms with Crippen molar-refractivity contribution in [2.45, 2.75) is 26.7 Å². The van der Waals surface area contributed by atoms with E-state index in [9.17, 15) is 9.59 Å². The number of carbonyl (C=O) groups is 1. The van der Waals surface area contributed by atoms with Crippen LogP contribution in [0.4, 0.5) is 5.69 Å². The van der Waals surface area contributed by atoms with Crippen molar-refractivity contribution >= 4 is 22.5 Å². The molecule has 0 atom stereocenters. The molecule has 4 rings (SSSR count). The molecule has 0 spiro atoms. The van der Waals surface area contributed by atoms with Crippen molar-refractivity contribution in [3.63, 3.8) is 0 Å². The molecule has 1 aromatic heterocycles. The minimum absolute atomic E-state index is 0.120. The molecule has 1 amide bonds. The highest BCUT2D eigenvalue weighted by atomic mass is 16.6. The lowest BCUT2D eigenvalue weighted by Gasteiger charge is -2.18. The van der Waals surface area contributed by atoms with Crippen LogP contribution in [0.5, 0.6) is 11.5 Å². The number of H-pyrrole nitrogens is 1. The lowest BCUT2D eigenvalue weighted by molar-refractivity contribution is -0.116. The highest BCUT2D eigenvalue weighted by Crippen LogP contribution is 2.33. The van der Waals surface area contributed by atoms with Crippen molar-refractivity contribution in [2.75, 3.05) is 18.5 Å². The van der Waals surface area contributed by atoms with Crippen LogP contribution in [0.1, 0.15) is 23.1 Å². The molecule has 2 aromatic carbocycles. The normalized spacial score (nSPS) is 12.8. The minimum Gasteiger partial charge on any atom is -0.486 e. The summed E-state index contributed by atoms with van der Waals surface area (Å²) in [4.78, 5) is 27.6. The largest absolute Gasteiger partial charge is 0.486 e. The van der Waals surface area contributed by atoms with Gasteiger partial charge in [0.05, 0.1) is 5.52 Å². The van der Waals surface area contributed by atoms with E-state index in [-0.39, 0.29) is 17.9 Å². The van der Waals surface area contributed by atoms with Gasteiger partial charge in [0.15, 0.2) is 11.5 Å². The lowest BCUT2D eigenvalue weighted by Crippen LogP contribution is -2.18. The zero-order chi connectivity index (χ0) is 19.7. The molecule has 1 aliphatic rings. The average Bonchev–Trinajstić information content (AvgIpc) is 2.68. The number of carbonyl (C=O) groups excluding carboxylic acids is 1. The Hall–Kier alpha value is -3.28. The maximum atomic E-state index is 12.4. The Kier molecular flexibility index (Phi) is 4.77. The maximum Gasteiger partial charge on any atom is 0.251 e. The quantitative estimate of drug-likeness (QED) is 0.728. The predicted molar refractivity (Wildman–Crippen MR) is 108 cm³/mol. The van der Waals surface area contributed by atoms with Gasteiger partial charge in [-0.1, -0.05) is 6.07 Å². The first-order valence-corrected chi connectivity index (χ1v) is 9.32. The number of anilines is 1. The van der Waals surface area contributed by atoms with E-state index in [2.05, 4.69) is 10.3 Å². The fourth-order valence-electron chi connectivity index (χ4n) is 3.26. The van der Waals surface area contributed by atoms with Gasteiger partial charge < -0.3 is 19.8 Å². The van der Waals surface area contributed by atoms with Crippen LogP contribution in [0.2, 0.25) is 0 Å². The molecule has 0 fully saturated rings. The molecular weight excluding hydrogens is 356 g/mol. The second-order valence-electron chi connectivity index (χ2n) is 7.05. The fraction of sp³-hybridized carbons (Fsp3) is 0.273. The number of aromatic nitrogens is 1. The van der Waals surface area contributed by atoms with Gasteiger partial charge in [-0.2, -0.15) is 0 Å². The third-order valence-electron chi connectivity index (χ3n) is 5.00.